The van der Waals surface area contributed by atoms with Gasteiger partial charge in [0.2, 0.25) is 0 Å². The highest BCUT2D eigenvalue weighted by molar-refractivity contribution is 5.96. The molecule has 164 valence electrons. The minimum Gasteiger partial charge on any atom is -0.505 e. The van der Waals surface area contributed by atoms with Crippen LogP contribution in [0.5, 0.6) is 5.75 Å². The summed E-state index contributed by atoms with van der Waals surface area (Å²) < 4.78 is 61.6. The van der Waals surface area contributed by atoms with Gasteiger partial charge in [-0.05, 0) is 35.6 Å². The Labute approximate surface area is 174 Å². The Bertz CT molecular complexity index is 1150. The third-order valence-corrected chi connectivity index (χ3v) is 5.75. The van der Waals surface area contributed by atoms with Gasteiger partial charge in [-0.25, -0.2) is 4.39 Å². The Morgan fingerprint density at radius 3 is 2.52 bits per heavy atom. The van der Waals surface area contributed by atoms with Crippen LogP contribution in [0.1, 0.15) is 48.0 Å². The van der Waals surface area contributed by atoms with E-state index in [0.29, 0.717) is 11.0 Å². The maximum atomic E-state index is 14.1. The highest BCUT2D eigenvalue weighted by atomic mass is 19.4. The van der Waals surface area contributed by atoms with Gasteiger partial charge in [-0.3, -0.25) is 4.79 Å². The zero-order valence-electron chi connectivity index (χ0n) is 16.5. The fraction of sp³-hybridized carbons (Fsp3) is 0.318. The molecule has 0 radical (unpaired) electrons. The quantitative estimate of drug-likeness (QED) is 0.507. The number of carbonyl (C=O) groups is 1. The molecular formula is C22H19F4NO4. The number of benzene rings is 2. The molecule has 2 atom stereocenters. The van der Waals surface area contributed by atoms with Crippen LogP contribution in [0.2, 0.25) is 0 Å². The number of aromatic hydroxyl groups is 1. The normalized spacial score (nSPS) is 22.9. The summed E-state index contributed by atoms with van der Waals surface area (Å²) >= 11 is 0. The predicted octanol–water partition coefficient (Wildman–Crippen LogP) is 4.72. The van der Waals surface area contributed by atoms with Gasteiger partial charge in [0.05, 0.1) is 6.04 Å². The van der Waals surface area contributed by atoms with Crippen molar-refractivity contribution in [2.24, 2.45) is 0 Å². The van der Waals surface area contributed by atoms with Crippen molar-refractivity contribution in [3.05, 3.63) is 65.2 Å². The van der Waals surface area contributed by atoms with Crippen molar-refractivity contribution < 1.29 is 37.0 Å². The second-order valence-electron chi connectivity index (χ2n) is 8.40. The van der Waals surface area contributed by atoms with Crippen LogP contribution in [0.3, 0.4) is 0 Å². The van der Waals surface area contributed by atoms with E-state index in [1.54, 1.807) is 24.3 Å². The number of phenolic OH excluding ortho intramolecular Hbond substituents is 1. The summed E-state index contributed by atoms with van der Waals surface area (Å²) in [6, 6.07) is 7.84. The molecule has 1 aliphatic rings. The van der Waals surface area contributed by atoms with E-state index in [-0.39, 0.29) is 16.9 Å². The van der Waals surface area contributed by atoms with E-state index in [1.165, 1.54) is 19.9 Å². The number of furan rings is 1. The molecule has 0 aliphatic heterocycles. The first kappa shape index (κ1) is 21.2. The summed E-state index contributed by atoms with van der Waals surface area (Å²) in [4.78, 5) is 12.8. The van der Waals surface area contributed by atoms with Crippen molar-refractivity contribution in [2.75, 3.05) is 0 Å². The van der Waals surface area contributed by atoms with Gasteiger partial charge >= 0.3 is 6.18 Å². The number of amides is 1. The number of para-hydroxylation sites is 1. The minimum absolute atomic E-state index is 0.101. The van der Waals surface area contributed by atoms with Crippen molar-refractivity contribution in [1.82, 2.24) is 5.32 Å². The molecule has 0 spiro atoms. The number of hydrogen-bond donors (Lipinski definition) is 3. The molecule has 0 saturated heterocycles. The first-order chi connectivity index (χ1) is 14.3. The number of halogens is 4. The zero-order valence-corrected chi connectivity index (χ0v) is 16.5. The summed E-state index contributed by atoms with van der Waals surface area (Å²) in [5.41, 5.74) is -4.76. The molecule has 9 heteroatoms. The first-order valence-corrected chi connectivity index (χ1v) is 9.45. The molecule has 4 rings (SSSR count). The molecular weight excluding hydrogens is 418 g/mol. The third-order valence-electron chi connectivity index (χ3n) is 5.75. The first-order valence-electron chi connectivity index (χ1n) is 9.45. The molecule has 3 N–H and O–H groups in total. The molecule has 1 aromatic heterocycles. The van der Waals surface area contributed by atoms with Crippen LogP contribution in [0, 0.1) is 5.82 Å². The molecule has 0 bridgehead atoms. The van der Waals surface area contributed by atoms with Crippen LogP contribution in [0.25, 0.3) is 11.0 Å². The molecule has 3 aromatic rings. The SMILES string of the molecule is CC1(C)CC(O)(C(F)(F)F)C(NC(=O)c2cc3ccccc3o2)c2ccc(F)c(O)c21. The fourth-order valence-electron chi connectivity index (χ4n) is 4.41. The molecule has 0 fully saturated rings. The number of aliphatic hydroxyl groups is 1. The van der Waals surface area contributed by atoms with Crippen molar-refractivity contribution in [1.29, 1.82) is 0 Å². The van der Waals surface area contributed by atoms with Crippen LogP contribution < -0.4 is 5.32 Å². The monoisotopic (exact) mass is 437 g/mol. The highest BCUT2D eigenvalue weighted by Crippen LogP contribution is 2.55. The predicted molar refractivity (Wildman–Crippen MR) is 103 cm³/mol. The highest BCUT2D eigenvalue weighted by Gasteiger charge is 2.64. The molecule has 31 heavy (non-hydrogen) atoms. The second-order valence-corrected chi connectivity index (χ2v) is 8.40. The number of carbonyl (C=O) groups excluding carboxylic acids is 1. The lowest BCUT2D eigenvalue weighted by Crippen LogP contribution is -2.60. The number of phenols is 1. The number of nitrogens with one attached hydrogen (secondary N) is 1. The van der Waals surface area contributed by atoms with E-state index >= 15 is 0 Å². The summed E-state index contributed by atoms with van der Waals surface area (Å²) in [6.07, 6.45) is -6.03. The molecule has 2 aromatic carbocycles. The van der Waals surface area contributed by atoms with Crippen LogP contribution in [0.15, 0.2) is 46.9 Å². The Hall–Kier alpha value is -3.07. The lowest BCUT2D eigenvalue weighted by molar-refractivity contribution is -0.280. The van der Waals surface area contributed by atoms with E-state index < -0.39 is 47.1 Å². The van der Waals surface area contributed by atoms with Crippen LogP contribution in [0.4, 0.5) is 17.6 Å². The summed E-state index contributed by atoms with van der Waals surface area (Å²) in [5, 5.41) is 23.8. The van der Waals surface area contributed by atoms with E-state index in [9.17, 15) is 32.6 Å². The molecule has 2 unspecified atom stereocenters. The maximum Gasteiger partial charge on any atom is 0.419 e. The fourth-order valence-corrected chi connectivity index (χ4v) is 4.41. The Balaban J connectivity index is 1.84. The van der Waals surface area contributed by atoms with Gasteiger partial charge in [0, 0.05) is 10.9 Å². The topological polar surface area (TPSA) is 82.7 Å². The van der Waals surface area contributed by atoms with Crippen molar-refractivity contribution in [3.8, 4) is 5.75 Å². The van der Waals surface area contributed by atoms with Gasteiger partial charge in [0.25, 0.3) is 5.91 Å². The summed E-state index contributed by atoms with van der Waals surface area (Å²) in [5.74, 6) is -3.05. The van der Waals surface area contributed by atoms with Crippen LogP contribution >= 0.6 is 0 Å². The number of rotatable bonds is 2. The summed E-state index contributed by atoms with van der Waals surface area (Å²) in [7, 11) is 0. The Morgan fingerprint density at radius 2 is 1.87 bits per heavy atom. The standard InChI is InChI=1S/C22H19F4NO4/c1-20(2)10-21(30,22(24,25)26)18(12-7-8-13(23)17(28)16(12)20)27-19(29)15-9-11-5-3-4-6-14(11)31-15/h3-9,18,28,30H,10H2,1-2H3,(H,27,29). The van der Waals surface area contributed by atoms with Gasteiger partial charge in [-0.15, -0.1) is 0 Å². The van der Waals surface area contributed by atoms with Gasteiger partial charge < -0.3 is 19.9 Å². The van der Waals surface area contributed by atoms with Gasteiger partial charge in [-0.2, -0.15) is 13.2 Å². The zero-order chi connectivity index (χ0) is 22.8. The largest absolute Gasteiger partial charge is 0.505 e. The lowest BCUT2D eigenvalue weighted by Gasteiger charge is -2.48. The number of fused-ring (bicyclic) bond motifs is 2. The Kier molecular flexibility index (Phi) is 4.59. The number of alkyl halides is 3. The van der Waals surface area contributed by atoms with Gasteiger partial charge in [-0.1, -0.05) is 38.1 Å². The van der Waals surface area contributed by atoms with Gasteiger partial charge in [0.15, 0.2) is 22.9 Å². The molecule has 5 nitrogen and oxygen atoms in total. The Morgan fingerprint density at radius 1 is 1.19 bits per heavy atom. The number of hydrogen-bond acceptors (Lipinski definition) is 4. The van der Waals surface area contributed by atoms with Gasteiger partial charge in [0.1, 0.15) is 5.58 Å². The smallest absolute Gasteiger partial charge is 0.419 e. The molecule has 1 aliphatic carbocycles. The van der Waals surface area contributed by atoms with Crippen LogP contribution in [-0.4, -0.2) is 27.9 Å². The minimum atomic E-state index is -5.13. The van der Waals surface area contributed by atoms with Crippen molar-refractivity contribution >= 4 is 16.9 Å². The van der Waals surface area contributed by atoms with Crippen molar-refractivity contribution in [3.63, 3.8) is 0 Å². The average molecular weight is 437 g/mol. The third kappa shape index (κ3) is 3.23. The van der Waals surface area contributed by atoms with E-state index in [2.05, 4.69) is 5.32 Å². The van der Waals surface area contributed by atoms with E-state index in [1.807, 2.05) is 0 Å². The lowest BCUT2D eigenvalue weighted by atomic mass is 9.63. The van der Waals surface area contributed by atoms with Crippen LogP contribution in [-0.2, 0) is 5.41 Å². The van der Waals surface area contributed by atoms with E-state index in [0.717, 1.165) is 12.1 Å². The summed E-state index contributed by atoms with van der Waals surface area (Å²) in [6.45, 7) is 2.72. The maximum absolute atomic E-state index is 14.1. The van der Waals surface area contributed by atoms with Crippen molar-refractivity contribution in [2.45, 2.75) is 43.5 Å². The second kappa shape index (κ2) is 6.71. The average Bonchev–Trinajstić information content (AvgIpc) is 3.10. The van der Waals surface area contributed by atoms with E-state index in [4.69, 9.17) is 4.42 Å². The molecule has 1 heterocycles. The molecule has 0 saturated carbocycles. The molecule has 1 amide bonds.